The second kappa shape index (κ2) is 5.99. The number of H-pyrrole nitrogens is 1. The van der Waals surface area contributed by atoms with Crippen LogP contribution in [-0.4, -0.2) is 71.8 Å². The smallest absolute Gasteiger partial charge is 0.282 e. The zero-order valence-corrected chi connectivity index (χ0v) is 12.9. The second-order valence-electron chi connectivity index (χ2n) is 5.56. The van der Waals surface area contributed by atoms with Crippen molar-refractivity contribution in [2.24, 2.45) is 0 Å². The predicted molar refractivity (Wildman–Crippen MR) is 75.8 cm³/mol. The number of hydrogen-bond acceptors (Lipinski definition) is 5. The predicted octanol–water partition coefficient (Wildman–Crippen LogP) is -0.0504. The quantitative estimate of drug-likeness (QED) is 0.841. The van der Waals surface area contributed by atoms with Gasteiger partial charge in [0.05, 0.1) is 18.0 Å². The zero-order chi connectivity index (χ0) is 14.9. The lowest BCUT2D eigenvalue weighted by atomic mass is 10.0. The highest BCUT2D eigenvalue weighted by Gasteiger charge is 2.43. The number of nitrogens with one attached hydrogen (secondary N) is 1. The molecule has 1 N–H and O–H groups in total. The van der Waals surface area contributed by atoms with Crippen LogP contribution < -0.4 is 0 Å². The van der Waals surface area contributed by atoms with Crippen LogP contribution in [0.1, 0.15) is 30.9 Å². The van der Waals surface area contributed by atoms with Gasteiger partial charge in [-0.2, -0.15) is 32.4 Å². The minimum atomic E-state index is -3.40. The van der Waals surface area contributed by atoms with Crippen LogP contribution >= 0.6 is 0 Å². The molecule has 3 rings (SSSR count). The van der Waals surface area contributed by atoms with Gasteiger partial charge in [0, 0.05) is 39.2 Å². The van der Waals surface area contributed by atoms with Gasteiger partial charge < -0.3 is 4.74 Å². The monoisotopic (exact) mass is 315 g/mol. The summed E-state index contributed by atoms with van der Waals surface area (Å²) in [5.74, 6) is -0.0756. The molecule has 3 heterocycles. The molecule has 0 saturated carbocycles. The number of ether oxygens (including phenoxy) is 1. The largest absolute Gasteiger partial charge is 0.379 e. The number of hydrogen-bond donors (Lipinski definition) is 1. The van der Waals surface area contributed by atoms with Gasteiger partial charge in [-0.25, -0.2) is 0 Å². The van der Waals surface area contributed by atoms with Crippen LogP contribution in [0.25, 0.3) is 0 Å². The minimum absolute atomic E-state index is 0.0756. The van der Waals surface area contributed by atoms with E-state index in [9.17, 15) is 8.42 Å². The summed E-state index contributed by atoms with van der Waals surface area (Å²) in [5.41, 5.74) is 0.748. The van der Waals surface area contributed by atoms with Crippen LogP contribution in [0.5, 0.6) is 0 Å². The molecule has 0 unspecified atom stereocenters. The first kappa shape index (κ1) is 14.9. The summed E-state index contributed by atoms with van der Waals surface area (Å²) in [6, 6.07) is 0. The highest BCUT2D eigenvalue weighted by molar-refractivity contribution is 7.86. The first-order chi connectivity index (χ1) is 10.1. The Hall–Kier alpha value is -1.03. The first-order valence-electron chi connectivity index (χ1n) is 7.26. The molecule has 1 aromatic heterocycles. The highest BCUT2D eigenvalue weighted by atomic mass is 32.2. The number of piperidine rings is 1. The number of aromatic nitrogens is 3. The van der Waals surface area contributed by atoms with Gasteiger partial charge in [0.2, 0.25) is 0 Å². The fourth-order valence-corrected chi connectivity index (χ4v) is 4.83. The summed E-state index contributed by atoms with van der Waals surface area (Å²) < 4.78 is 34.0. The van der Waals surface area contributed by atoms with E-state index in [1.165, 1.54) is 4.31 Å². The van der Waals surface area contributed by atoms with Gasteiger partial charge in [0.1, 0.15) is 0 Å². The van der Waals surface area contributed by atoms with E-state index in [2.05, 4.69) is 15.4 Å². The average molecular weight is 315 g/mol. The molecule has 2 aliphatic heterocycles. The molecular weight excluding hydrogens is 294 g/mol. The van der Waals surface area contributed by atoms with Crippen LogP contribution in [0, 0.1) is 0 Å². The molecule has 0 aliphatic carbocycles. The molecule has 0 bridgehead atoms. The zero-order valence-electron chi connectivity index (χ0n) is 12.1. The molecule has 8 nitrogen and oxygen atoms in total. The molecule has 0 amide bonds. The van der Waals surface area contributed by atoms with Gasteiger partial charge in [-0.1, -0.05) is 6.42 Å². The summed E-state index contributed by atoms with van der Waals surface area (Å²) in [6.45, 7) is 1.99. The van der Waals surface area contributed by atoms with E-state index in [0.29, 0.717) is 26.2 Å². The van der Waals surface area contributed by atoms with Crippen molar-refractivity contribution in [2.75, 3.05) is 33.3 Å². The van der Waals surface area contributed by atoms with Crippen LogP contribution in [0.3, 0.4) is 0 Å². The first-order valence-corrected chi connectivity index (χ1v) is 8.66. The highest BCUT2D eigenvalue weighted by Crippen LogP contribution is 2.31. The standard InChI is InChI=1S/C12H21N5O3S/c1-20-12-9-17(8-10(12)11-7-13-15-14-11)21(18,19)16-5-3-2-4-6-16/h7,10,12H,2-6,8-9H2,1H3,(H,13,14,15)/t10-,12+/m0/s1. The van der Waals surface area contributed by atoms with Crippen molar-refractivity contribution in [1.82, 2.24) is 24.0 Å². The Morgan fingerprint density at radius 2 is 2.00 bits per heavy atom. The molecule has 2 atom stereocenters. The van der Waals surface area contributed by atoms with E-state index in [4.69, 9.17) is 4.74 Å². The van der Waals surface area contributed by atoms with E-state index in [0.717, 1.165) is 25.0 Å². The summed E-state index contributed by atoms with van der Waals surface area (Å²) in [4.78, 5) is 0. The Labute approximate surface area is 124 Å². The molecule has 1 aromatic rings. The molecule has 9 heteroatoms. The van der Waals surface area contributed by atoms with Gasteiger partial charge in [-0.05, 0) is 12.8 Å². The van der Waals surface area contributed by atoms with E-state index >= 15 is 0 Å². The maximum Gasteiger partial charge on any atom is 0.282 e. The Balaban J connectivity index is 1.77. The Bertz CT molecular complexity index is 555. The summed E-state index contributed by atoms with van der Waals surface area (Å²) in [6.07, 6.45) is 4.43. The van der Waals surface area contributed by atoms with Crippen LogP contribution in [0.2, 0.25) is 0 Å². The van der Waals surface area contributed by atoms with Gasteiger partial charge >= 0.3 is 0 Å². The summed E-state index contributed by atoms with van der Waals surface area (Å²) in [5, 5.41) is 10.5. The SMILES string of the molecule is CO[C@@H]1CN(S(=O)(=O)N2CCCCC2)C[C@H]1c1cn[nH]n1. The van der Waals surface area contributed by atoms with Gasteiger partial charge in [0.25, 0.3) is 10.2 Å². The van der Waals surface area contributed by atoms with Gasteiger partial charge in [0.15, 0.2) is 0 Å². The third-order valence-electron chi connectivity index (χ3n) is 4.32. The fraction of sp³-hybridized carbons (Fsp3) is 0.833. The fourth-order valence-electron chi connectivity index (χ4n) is 3.10. The normalized spacial score (nSPS) is 29.0. The van der Waals surface area contributed by atoms with Crippen molar-refractivity contribution in [1.29, 1.82) is 0 Å². The molecule has 0 radical (unpaired) electrons. The third-order valence-corrected chi connectivity index (χ3v) is 6.29. The number of aromatic amines is 1. The van der Waals surface area contributed by atoms with Gasteiger partial charge in [-0.3, -0.25) is 0 Å². The van der Waals surface area contributed by atoms with Gasteiger partial charge in [-0.15, -0.1) is 0 Å². The van der Waals surface area contributed by atoms with Crippen molar-refractivity contribution in [3.63, 3.8) is 0 Å². The maximum absolute atomic E-state index is 12.7. The van der Waals surface area contributed by atoms with Crippen molar-refractivity contribution in [2.45, 2.75) is 31.3 Å². The van der Waals surface area contributed by atoms with Crippen molar-refractivity contribution in [3.05, 3.63) is 11.9 Å². The minimum Gasteiger partial charge on any atom is -0.379 e. The lowest BCUT2D eigenvalue weighted by molar-refractivity contribution is 0.101. The van der Waals surface area contributed by atoms with Crippen LogP contribution in [0.4, 0.5) is 0 Å². The van der Waals surface area contributed by atoms with Crippen molar-refractivity contribution >= 4 is 10.2 Å². The van der Waals surface area contributed by atoms with E-state index < -0.39 is 10.2 Å². The van der Waals surface area contributed by atoms with Crippen molar-refractivity contribution < 1.29 is 13.2 Å². The maximum atomic E-state index is 12.7. The molecule has 118 valence electrons. The molecule has 0 aromatic carbocycles. The molecule has 21 heavy (non-hydrogen) atoms. The summed E-state index contributed by atoms with van der Waals surface area (Å²) >= 11 is 0. The average Bonchev–Trinajstić information content (AvgIpc) is 3.17. The molecule has 2 fully saturated rings. The lowest BCUT2D eigenvalue weighted by Gasteiger charge is -2.30. The third kappa shape index (κ3) is 2.83. The number of rotatable bonds is 4. The molecular formula is C12H21N5O3S. The van der Waals surface area contributed by atoms with E-state index in [1.807, 2.05) is 0 Å². The van der Waals surface area contributed by atoms with E-state index in [1.54, 1.807) is 17.6 Å². The second-order valence-corrected chi connectivity index (χ2v) is 7.49. The Morgan fingerprint density at radius 3 is 2.62 bits per heavy atom. The molecule has 2 aliphatic rings. The summed E-state index contributed by atoms with van der Waals surface area (Å²) in [7, 11) is -1.79. The lowest BCUT2D eigenvalue weighted by Crippen LogP contribution is -2.45. The Kier molecular flexibility index (Phi) is 4.25. The van der Waals surface area contributed by atoms with Crippen LogP contribution in [-0.2, 0) is 14.9 Å². The molecule has 2 saturated heterocycles. The van der Waals surface area contributed by atoms with Crippen molar-refractivity contribution in [3.8, 4) is 0 Å². The number of methoxy groups -OCH3 is 1. The number of nitrogens with zero attached hydrogens (tertiary/aromatic N) is 4. The molecule has 0 spiro atoms. The van der Waals surface area contributed by atoms with E-state index in [-0.39, 0.29) is 12.0 Å². The Morgan fingerprint density at radius 1 is 1.24 bits per heavy atom. The topological polar surface area (TPSA) is 91.4 Å². The van der Waals surface area contributed by atoms with Crippen LogP contribution in [0.15, 0.2) is 6.20 Å².